The van der Waals surface area contributed by atoms with Crippen molar-refractivity contribution in [1.82, 2.24) is 0 Å². The van der Waals surface area contributed by atoms with E-state index in [-0.39, 0.29) is 18.3 Å². The Hall–Kier alpha value is -1.42. The Morgan fingerprint density at radius 1 is 1.28 bits per heavy atom. The first-order valence-corrected chi connectivity index (χ1v) is 9.67. The van der Waals surface area contributed by atoms with Crippen LogP contribution in [0.5, 0.6) is 0 Å². The minimum Gasteiger partial charge on any atom is -0.481 e. The molecule has 0 radical (unpaired) electrons. The number of rotatable bonds is 12. The standard InChI is InChI=1S/C21H34O4/c1-3-4-9-15-21(2,25)16-14-17-12-13-19(22)18(17)10-7-5-6-8-11-20(23)24/h5,7,14,16-18,25H,3-4,6,8-13,15H2,1-2H3,(H,23,24)/b7-5-,16-14+/t17-,18-,21?/m1/s1. The third kappa shape index (κ3) is 9.01. The summed E-state index contributed by atoms with van der Waals surface area (Å²) in [5.74, 6) is -0.266. The van der Waals surface area contributed by atoms with Crippen molar-refractivity contribution in [3.05, 3.63) is 24.3 Å². The fraction of sp³-hybridized carbons (Fsp3) is 0.714. The van der Waals surface area contributed by atoms with Crippen LogP contribution < -0.4 is 0 Å². The molecule has 3 atom stereocenters. The zero-order valence-corrected chi connectivity index (χ0v) is 15.7. The Kier molecular flexibility index (Phi) is 9.73. The van der Waals surface area contributed by atoms with E-state index in [1.165, 1.54) is 0 Å². The molecule has 4 nitrogen and oxygen atoms in total. The van der Waals surface area contributed by atoms with Gasteiger partial charge in [0.2, 0.25) is 0 Å². The summed E-state index contributed by atoms with van der Waals surface area (Å²) >= 11 is 0. The summed E-state index contributed by atoms with van der Waals surface area (Å²) in [5, 5.41) is 19.0. The first kappa shape index (κ1) is 21.6. The molecule has 1 saturated carbocycles. The molecular weight excluding hydrogens is 316 g/mol. The molecule has 0 bridgehead atoms. The minimum atomic E-state index is -0.794. The van der Waals surface area contributed by atoms with E-state index in [0.29, 0.717) is 25.0 Å². The first-order chi connectivity index (χ1) is 11.9. The Labute approximate surface area is 152 Å². The van der Waals surface area contributed by atoms with Crippen LogP contribution in [0.4, 0.5) is 0 Å². The molecule has 0 aromatic rings. The average Bonchev–Trinajstić information content (AvgIpc) is 2.89. The van der Waals surface area contributed by atoms with E-state index in [1.807, 2.05) is 31.2 Å². The maximum atomic E-state index is 12.1. The fourth-order valence-electron chi connectivity index (χ4n) is 3.35. The SMILES string of the molecule is CCCCCC(C)(O)/C=C/[C@H]1CCC(=O)[C@@H]1C/C=C\CCCC(=O)O. The number of carbonyl (C=O) groups excluding carboxylic acids is 1. The van der Waals surface area contributed by atoms with E-state index in [0.717, 1.165) is 38.5 Å². The number of aliphatic hydroxyl groups is 1. The summed E-state index contributed by atoms with van der Waals surface area (Å²) in [6.07, 6.45) is 15.7. The third-order valence-electron chi connectivity index (χ3n) is 4.96. The zero-order chi connectivity index (χ0) is 18.7. The van der Waals surface area contributed by atoms with Crippen molar-refractivity contribution in [2.24, 2.45) is 11.8 Å². The molecule has 142 valence electrons. The van der Waals surface area contributed by atoms with Crippen LogP contribution in [0.1, 0.15) is 78.1 Å². The Morgan fingerprint density at radius 2 is 2.04 bits per heavy atom. The molecule has 1 aliphatic rings. The molecule has 4 heteroatoms. The second kappa shape index (κ2) is 11.2. The quantitative estimate of drug-likeness (QED) is 0.396. The van der Waals surface area contributed by atoms with Gasteiger partial charge in [-0.3, -0.25) is 9.59 Å². The molecule has 0 aromatic heterocycles. The van der Waals surface area contributed by atoms with Crippen molar-refractivity contribution >= 4 is 11.8 Å². The maximum Gasteiger partial charge on any atom is 0.303 e. The second-order valence-electron chi connectivity index (χ2n) is 7.44. The van der Waals surface area contributed by atoms with Crippen LogP contribution >= 0.6 is 0 Å². The number of Topliss-reactive ketones (excluding diaryl/α,β-unsaturated/α-hetero) is 1. The highest BCUT2D eigenvalue weighted by atomic mass is 16.4. The summed E-state index contributed by atoms with van der Waals surface area (Å²) in [4.78, 5) is 22.6. The monoisotopic (exact) mass is 350 g/mol. The molecule has 2 N–H and O–H groups in total. The highest BCUT2D eigenvalue weighted by Crippen LogP contribution is 2.33. The maximum absolute atomic E-state index is 12.1. The van der Waals surface area contributed by atoms with Gasteiger partial charge in [-0.2, -0.15) is 0 Å². The van der Waals surface area contributed by atoms with Crippen LogP contribution in [0.15, 0.2) is 24.3 Å². The van der Waals surface area contributed by atoms with E-state index in [4.69, 9.17) is 5.11 Å². The second-order valence-corrected chi connectivity index (χ2v) is 7.44. The molecule has 1 fully saturated rings. The predicted molar refractivity (Wildman–Crippen MR) is 100 cm³/mol. The van der Waals surface area contributed by atoms with Crippen molar-refractivity contribution in [3.63, 3.8) is 0 Å². The van der Waals surface area contributed by atoms with Crippen molar-refractivity contribution in [1.29, 1.82) is 0 Å². The number of ketones is 1. The molecule has 1 unspecified atom stereocenters. The van der Waals surface area contributed by atoms with Gasteiger partial charge in [0.15, 0.2) is 0 Å². The zero-order valence-electron chi connectivity index (χ0n) is 15.7. The lowest BCUT2D eigenvalue weighted by Crippen LogP contribution is -2.21. The summed E-state index contributed by atoms with van der Waals surface area (Å²) in [5.41, 5.74) is -0.794. The van der Waals surface area contributed by atoms with Crippen molar-refractivity contribution in [2.75, 3.05) is 0 Å². The number of carbonyl (C=O) groups is 2. The van der Waals surface area contributed by atoms with Crippen LogP contribution in [0.25, 0.3) is 0 Å². The third-order valence-corrected chi connectivity index (χ3v) is 4.96. The molecule has 0 heterocycles. The summed E-state index contributed by atoms with van der Waals surface area (Å²) < 4.78 is 0. The molecule has 0 amide bonds. The van der Waals surface area contributed by atoms with Crippen molar-refractivity contribution in [3.8, 4) is 0 Å². The van der Waals surface area contributed by atoms with Gasteiger partial charge >= 0.3 is 5.97 Å². The molecule has 0 spiro atoms. The van der Waals surface area contributed by atoms with Gasteiger partial charge in [-0.05, 0) is 44.9 Å². The lowest BCUT2D eigenvalue weighted by atomic mass is 9.89. The van der Waals surface area contributed by atoms with Gasteiger partial charge in [0.05, 0.1) is 5.60 Å². The number of unbranched alkanes of at least 4 members (excludes halogenated alkanes) is 3. The van der Waals surface area contributed by atoms with Crippen LogP contribution in [0.3, 0.4) is 0 Å². The van der Waals surface area contributed by atoms with Crippen LogP contribution in [-0.2, 0) is 9.59 Å². The molecule has 0 aliphatic heterocycles. The largest absolute Gasteiger partial charge is 0.481 e. The Bertz CT molecular complexity index is 476. The Balaban J connectivity index is 2.47. The number of allylic oxidation sites excluding steroid dienone is 3. The highest BCUT2D eigenvalue weighted by molar-refractivity contribution is 5.83. The van der Waals surface area contributed by atoms with Crippen LogP contribution in [-0.4, -0.2) is 27.6 Å². The van der Waals surface area contributed by atoms with Gasteiger partial charge in [0, 0.05) is 18.8 Å². The summed E-state index contributed by atoms with van der Waals surface area (Å²) in [7, 11) is 0. The van der Waals surface area contributed by atoms with E-state index < -0.39 is 11.6 Å². The minimum absolute atomic E-state index is 0.00147. The van der Waals surface area contributed by atoms with E-state index in [9.17, 15) is 14.7 Å². The summed E-state index contributed by atoms with van der Waals surface area (Å²) in [6.45, 7) is 3.99. The van der Waals surface area contributed by atoms with Gasteiger partial charge in [-0.15, -0.1) is 0 Å². The number of hydrogen-bond acceptors (Lipinski definition) is 3. The smallest absolute Gasteiger partial charge is 0.303 e. The number of carboxylic acids is 1. The molecular formula is C21H34O4. The number of hydrogen-bond donors (Lipinski definition) is 2. The lowest BCUT2D eigenvalue weighted by Gasteiger charge is -2.20. The fourth-order valence-corrected chi connectivity index (χ4v) is 3.35. The van der Waals surface area contributed by atoms with E-state index in [2.05, 4.69) is 6.92 Å². The normalized spacial score (nSPS) is 23.6. The first-order valence-electron chi connectivity index (χ1n) is 9.67. The van der Waals surface area contributed by atoms with Gasteiger partial charge in [0.1, 0.15) is 5.78 Å². The van der Waals surface area contributed by atoms with Gasteiger partial charge < -0.3 is 10.2 Å². The molecule has 1 rings (SSSR count). The molecule has 0 saturated heterocycles. The molecule has 1 aliphatic carbocycles. The average molecular weight is 350 g/mol. The van der Waals surface area contributed by atoms with E-state index >= 15 is 0 Å². The van der Waals surface area contributed by atoms with Gasteiger partial charge in [0.25, 0.3) is 0 Å². The van der Waals surface area contributed by atoms with Crippen molar-refractivity contribution in [2.45, 2.75) is 83.7 Å². The van der Waals surface area contributed by atoms with E-state index in [1.54, 1.807) is 0 Å². The molecule has 0 aromatic carbocycles. The topological polar surface area (TPSA) is 74.6 Å². The Morgan fingerprint density at radius 3 is 2.72 bits per heavy atom. The van der Waals surface area contributed by atoms with Crippen LogP contribution in [0.2, 0.25) is 0 Å². The molecule has 25 heavy (non-hydrogen) atoms. The van der Waals surface area contributed by atoms with Gasteiger partial charge in [-0.25, -0.2) is 0 Å². The predicted octanol–water partition coefficient (Wildman–Crippen LogP) is 4.67. The van der Waals surface area contributed by atoms with Crippen molar-refractivity contribution < 1.29 is 19.8 Å². The van der Waals surface area contributed by atoms with Gasteiger partial charge in [-0.1, -0.05) is 50.5 Å². The summed E-state index contributed by atoms with van der Waals surface area (Å²) in [6, 6.07) is 0. The number of aliphatic carboxylic acids is 1. The van der Waals surface area contributed by atoms with Crippen LogP contribution in [0, 0.1) is 11.8 Å². The highest BCUT2D eigenvalue weighted by Gasteiger charge is 2.32. The lowest BCUT2D eigenvalue weighted by molar-refractivity contribution is -0.137. The number of carboxylic acid groups (broad SMARTS) is 1.